The van der Waals surface area contributed by atoms with Crippen molar-refractivity contribution in [1.29, 1.82) is 0 Å². The average molecular weight is 207 g/mol. The number of rotatable bonds is 4. The standard InChI is InChI=1S/C9H15ClO3/c1-6(2)8(10)13-9(11)12-5-7-3-4-7/h6-8H,3-5H2,1-2H3/t8-/m1/s1. The zero-order chi connectivity index (χ0) is 9.84. The highest BCUT2D eigenvalue weighted by Gasteiger charge is 2.24. The summed E-state index contributed by atoms with van der Waals surface area (Å²) >= 11 is 5.72. The summed E-state index contributed by atoms with van der Waals surface area (Å²) in [6, 6.07) is 0. The van der Waals surface area contributed by atoms with Gasteiger partial charge in [0, 0.05) is 5.92 Å². The van der Waals surface area contributed by atoms with Gasteiger partial charge in [0.15, 0.2) is 5.56 Å². The number of halogens is 1. The molecule has 0 N–H and O–H groups in total. The van der Waals surface area contributed by atoms with Crippen LogP contribution in [0.25, 0.3) is 0 Å². The third-order valence-corrected chi connectivity index (χ3v) is 2.46. The number of alkyl halides is 1. The Hall–Kier alpha value is -0.440. The summed E-state index contributed by atoms with van der Waals surface area (Å²) in [5.41, 5.74) is -0.591. The minimum absolute atomic E-state index is 0.107. The van der Waals surface area contributed by atoms with Gasteiger partial charge in [0.25, 0.3) is 0 Å². The van der Waals surface area contributed by atoms with E-state index in [1.54, 1.807) is 0 Å². The highest BCUT2D eigenvalue weighted by molar-refractivity contribution is 6.20. The number of carbonyl (C=O) groups excluding carboxylic acids is 1. The van der Waals surface area contributed by atoms with E-state index in [0.29, 0.717) is 12.5 Å². The molecule has 76 valence electrons. The molecule has 4 heteroatoms. The number of carbonyl (C=O) groups is 1. The molecule has 1 atom stereocenters. The van der Waals surface area contributed by atoms with Crippen molar-refractivity contribution < 1.29 is 14.3 Å². The maximum absolute atomic E-state index is 11.0. The quantitative estimate of drug-likeness (QED) is 0.524. The smallest absolute Gasteiger partial charge is 0.434 e. The highest BCUT2D eigenvalue weighted by Crippen LogP contribution is 2.29. The topological polar surface area (TPSA) is 35.5 Å². The molecule has 0 saturated heterocycles. The van der Waals surface area contributed by atoms with Crippen LogP contribution in [-0.2, 0) is 9.47 Å². The summed E-state index contributed by atoms with van der Waals surface area (Å²) in [5.74, 6) is 0.663. The van der Waals surface area contributed by atoms with Crippen LogP contribution in [0.15, 0.2) is 0 Å². The molecule has 13 heavy (non-hydrogen) atoms. The highest BCUT2D eigenvalue weighted by atomic mass is 35.5. The van der Waals surface area contributed by atoms with Gasteiger partial charge >= 0.3 is 6.16 Å². The second-order valence-corrected chi connectivity index (χ2v) is 4.15. The zero-order valence-electron chi connectivity index (χ0n) is 7.96. The largest absolute Gasteiger partial charge is 0.509 e. The first kappa shape index (κ1) is 10.6. The number of ether oxygens (including phenoxy) is 2. The van der Waals surface area contributed by atoms with Crippen molar-refractivity contribution in [2.75, 3.05) is 6.61 Å². The van der Waals surface area contributed by atoms with Crippen LogP contribution >= 0.6 is 11.6 Å². The van der Waals surface area contributed by atoms with E-state index in [2.05, 4.69) is 0 Å². The van der Waals surface area contributed by atoms with Crippen LogP contribution < -0.4 is 0 Å². The predicted octanol–water partition coefficient (Wildman–Crippen LogP) is 2.77. The minimum atomic E-state index is -0.652. The van der Waals surface area contributed by atoms with Crippen LogP contribution in [-0.4, -0.2) is 18.3 Å². The van der Waals surface area contributed by atoms with E-state index >= 15 is 0 Å². The van der Waals surface area contributed by atoms with Crippen molar-refractivity contribution in [1.82, 2.24) is 0 Å². The van der Waals surface area contributed by atoms with Gasteiger partial charge in [-0.3, -0.25) is 0 Å². The van der Waals surface area contributed by atoms with Crippen LogP contribution in [0, 0.1) is 11.8 Å². The molecule has 0 aromatic rings. The van der Waals surface area contributed by atoms with Gasteiger partial charge in [0.2, 0.25) is 0 Å². The molecule has 3 nitrogen and oxygen atoms in total. The second-order valence-electron chi connectivity index (χ2n) is 3.72. The van der Waals surface area contributed by atoms with E-state index in [1.807, 2.05) is 13.8 Å². The molecule has 1 fully saturated rings. The fraction of sp³-hybridized carbons (Fsp3) is 0.889. The Labute approximate surface area is 83.3 Å². The van der Waals surface area contributed by atoms with Crippen LogP contribution in [0.4, 0.5) is 4.79 Å². The Bertz CT molecular complexity index is 178. The second kappa shape index (κ2) is 4.70. The minimum Gasteiger partial charge on any atom is -0.434 e. The van der Waals surface area contributed by atoms with Gasteiger partial charge in [-0.05, 0) is 18.8 Å². The third-order valence-electron chi connectivity index (χ3n) is 1.87. The summed E-state index contributed by atoms with van der Waals surface area (Å²) in [7, 11) is 0. The molecule has 0 amide bonds. The van der Waals surface area contributed by atoms with Crippen LogP contribution in [0.1, 0.15) is 26.7 Å². The maximum atomic E-state index is 11.0. The van der Waals surface area contributed by atoms with Gasteiger partial charge in [0.05, 0.1) is 6.61 Å². The van der Waals surface area contributed by atoms with Gasteiger partial charge in [0.1, 0.15) is 0 Å². The summed E-state index contributed by atoms with van der Waals surface area (Å²) in [6.07, 6.45) is 1.66. The molecule has 0 aromatic heterocycles. The molecule has 0 aromatic carbocycles. The zero-order valence-corrected chi connectivity index (χ0v) is 8.71. The molecular formula is C9H15ClO3. The van der Waals surface area contributed by atoms with E-state index in [4.69, 9.17) is 21.1 Å². The first-order chi connectivity index (χ1) is 6.09. The predicted molar refractivity (Wildman–Crippen MR) is 49.6 cm³/mol. The molecule has 0 unspecified atom stereocenters. The normalized spacial score (nSPS) is 18.5. The lowest BCUT2D eigenvalue weighted by atomic mass is 10.2. The molecule has 0 aliphatic heterocycles. The van der Waals surface area contributed by atoms with Crippen LogP contribution in [0.2, 0.25) is 0 Å². The van der Waals surface area contributed by atoms with Crippen molar-refractivity contribution in [3.05, 3.63) is 0 Å². The van der Waals surface area contributed by atoms with Crippen molar-refractivity contribution in [2.24, 2.45) is 11.8 Å². The molecule has 1 aliphatic rings. The van der Waals surface area contributed by atoms with Crippen molar-refractivity contribution in [3.8, 4) is 0 Å². The number of hydrogen-bond donors (Lipinski definition) is 0. The van der Waals surface area contributed by atoms with Gasteiger partial charge in [-0.15, -0.1) is 0 Å². The Balaban J connectivity index is 2.08. The van der Waals surface area contributed by atoms with E-state index in [-0.39, 0.29) is 5.92 Å². The average Bonchev–Trinajstić information content (AvgIpc) is 2.83. The van der Waals surface area contributed by atoms with Gasteiger partial charge in [-0.1, -0.05) is 25.4 Å². The molecular weight excluding hydrogens is 192 g/mol. The molecule has 1 aliphatic carbocycles. The lowest BCUT2D eigenvalue weighted by Crippen LogP contribution is -2.19. The summed E-state index contributed by atoms with van der Waals surface area (Å²) in [6.45, 7) is 4.23. The molecule has 1 saturated carbocycles. The molecule has 0 bridgehead atoms. The molecule has 0 heterocycles. The van der Waals surface area contributed by atoms with E-state index in [9.17, 15) is 4.79 Å². The Kier molecular flexibility index (Phi) is 3.85. The summed E-state index contributed by atoms with van der Waals surface area (Å²) < 4.78 is 9.64. The SMILES string of the molecule is CC(C)[C@H](Cl)OC(=O)OCC1CC1. The summed E-state index contributed by atoms with van der Waals surface area (Å²) in [4.78, 5) is 11.0. The van der Waals surface area contributed by atoms with Gasteiger partial charge in [-0.2, -0.15) is 0 Å². The van der Waals surface area contributed by atoms with Gasteiger partial charge < -0.3 is 9.47 Å². The van der Waals surface area contributed by atoms with E-state index in [1.165, 1.54) is 0 Å². The molecule has 0 spiro atoms. The third kappa shape index (κ3) is 4.36. The van der Waals surface area contributed by atoms with Gasteiger partial charge in [-0.25, -0.2) is 4.79 Å². The molecule has 0 radical (unpaired) electrons. The lowest BCUT2D eigenvalue weighted by Gasteiger charge is -2.13. The van der Waals surface area contributed by atoms with Crippen LogP contribution in [0.5, 0.6) is 0 Å². The Morgan fingerprint density at radius 3 is 2.62 bits per heavy atom. The van der Waals surface area contributed by atoms with Crippen LogP contribution in [0.3, 0.4) is 0 Å². The first-order valence-corrected chi connectivity index (χ1v) is 5.00. The van der Waals surface area contributed by atoms with E-state index in [0.717, 1.165) is 12.8 Å². The summed E-state index contributed by atoms with van der Waals surface area (Å²) in [5, 5.41) is 0. The Morgan fingerprint density at radius 2 is 2.15 bits per heavy atom. The molecule has 1 rings (SSSR count). The van der Waals surface area contributed by atoms with Crippen molar-refractivity contribution in [2.45, 2.75) is 32.3 Å². The number of hydrogen-bond acceptors (Lipinski definition) is 3. The fourth-order valence-corrected chi connectivity index (χ4v) is 0.805. The van der Waals surface area contributed by atoms with Crippen molar-refractivity contribution in [3.63, 3.8) is 0 Å². The first-order valence-electron chi connectivity index (χ1n) is 4.57. The van der Waals surface area contributed by atoms with Crippen molar-refractivity contribution >= 4 is 17.8 Å². The Morgan fingerprint density at radius 1 is 1.54 bits per heavy atom. The van der Waals surface area contributed by atoms with E-state index < -0.39 is 11.7 Å². The lowest BCUT2D eigenvalue weighted by molar-refractivity contribution is 0.0324. The maximum Gasteiger partial charge on any atom is 0.509 e. The monoisotopic (exact) mass is 206 g/mol. The fourth-order valence-electron chi connectivity index (χ4n) is 0.732.